The monoisotopic (exact) mass is 770 g/mol. The number of halogens is 9. The van der Waals surface area contributed by atoms with Crippen molar-refractivity contribution in [3.05, 3.63) is 94.8 Å². The van der Waals surface area contributed by atoms with Crippen molar-refractivity contribution >= 4 is 58.2 Å². The molecule has 1 N–H and O–H groups in total. The smallest absolute Gasteiger partial charge is 0.416 e. The number of rotatable bonds is 4. The maximum atomic E-state index is 14.4. The van der Waals surface area contributed by atoms with Crippen LogP contribution in [0.25, 0.3) is 0 Å². The molecule has 0 spiro atoms. The maximum absolute atomic E-state index is 14.4. The molecule has 3 fully saturated rings. The number of carbonyl (C=O) groups is 4. The summed E-state index contributed by atoms with van der Waals surface area (Å²) in [5, 5.41) is 10.7. The summed E-state index contributed by atoms with van der Waals surface area (Å²) in [5.74, 6) is -10.8. The number of fused-ring (bicyclic) bond motifs is 4. The third-order valence-corrected chi connectivity index (χ3v) is 11.7. The first kappa shape index (κ1) is 35.8. The van der Waals surface area contributed by atoms with Crippen molar-refractivity contribution in [2.24, 2.45) is 17.8 Å². The summed E-state index contributed by atoms with van der Waals surface area (Å²) in [6.07, 6.45) is -9.89. The van der Waals surface area contributed by atoms with E-state index in [0.29, 0.717) is 4.90 Å². The average molecular weight is 771 g/mol. The fraction of sp³-hybridized carbons (Fsp3) is 0.314. The summed E-state index contributed by atoms with van der Waals surface area (Å²) in [6, 6.07) is 8.63. The number of benzene rings is 3. The molecule has 272 valence electrons. The molecule has 17 heteroatoms. The number of imide groups is 2. The van der Waals surface area contributed by atoms with Gasteiger partial charge in [0, 0.05) is 5.92 Å². The van der Waals surface area contributed by atoms with Crippen molar-refractivity contribution in [1.29, 1.82) is 0 Å². The lowest BCUT2D eigenvalue weighted by molar-refractivity contribution is -0.143. The Bertz CT molecular complexity index is 2070. The first-order valence-corrected chi connectivity index (χ1v) is 16.3. The summed E-state index contributed by atoms with van der Waals surface area (Å²) in [5.41, 5.74) is -4.20. The number of nitrogens with zero attached hydrogens (tertiary/aromatic N) is 2. The zero-order chi connectivity index (χ0) is 37.9. The highest BCUT2D eigenvalue weighted by Crippen LogP contribution is 2.66. The van der Waals surface area contributed by atoms with Gasteiger partial charge in [-0.05, 0) is 78.9 Å². The topological polar surface area (TPSA) is 104 Å². The predicted molar refractivity (Wildman–Crippen MR) is 170 cm³/mol. The number of alkyl halides is 8. The molecule has 4 aliphatic rings. The highest BCUT2D eigenvalue weighted by Gasteiger charge is 2.76. The molecule has 3 aromatic rings. The molecular formula is C35H23Cl2F7N2O6. The second kappa shape index (κ2) is 11.7. The van der Waals surface area contributed by atoms with E-state index in [1.54, 1.807) is 0 Å². The molecule has 2 aliphatic heterocycles. The number of anilines is 2. The van der Waals surface area contributed by atoms with Crippen LogP contribution in [-0.4, -0.2) is 45.6 Å². The molecule has 1 saturated carbocycles. The number of phenolic OH excluding ortho intramolecular Hbond substituents is 1. The summed E-state index contributed by atoms with van der Waals surface area (Å²) in [6.45, 7) is 0. The van der Waals surface area contributed by atoms with Gasteiger partial charge in [0.25, 0.3) is 11.8 Å². The van der Waals surface area contributed by atoms with E-state index in [0.717, 1.165) is 24.3 Å². The fourth-order valence-electron chi connectivity index (χ4n) is 7.98. The zero-order valence-electron chi connectivity index (χ0n) is 26.4. The van der Waals surface area contributed by atoms with E-state index < -0.39 is 104 Å². The number of allylic oxidation sites excluding steroid dienone is 2. The SMILES string of the molecule is COc1ccc([C@H]2C3=CC[C@@H]4C(=O)N(c5cc(C(F)(F)F)cc(C(F)(F)F)c5)C(=O)[C@@H]4[C@@H]3C[C@@]3(Cl)C(=O)N(c4ccc(F)cc4)C(=O)[C@@]23Cl)cc1O. The molecule has 0 radical (unpaired) electrons. The lowest BCUT2D eigenvalue weighted by Gasteiger charge is -2.50. The summed E-state index contributed by atoms with van der Waals surface area (Å²) >= 11 is 14.5. The number of amides is 4. The van der Waals surface area contributed by atoms with Gasteiger partial charge < -0.3 is 9.84 Å². The molecular weight excluding hydrogens is 748 g/mol. The quantitative estimate of drug-likeness (QED) is 0.129. The van der Waals surface area contributed by atoms with Crippen molar-refractivity contribution in [3.8, 4) is 11.5 Å². The Kier molecular flexibility index (Phi) is 8.04. The normalized spacial score (nSPS) is 28.8. The lowest BCUT2D eigenvalue weighted by Crippen LogP contribution is -2.60. The molecule has 7 rings (SSSR count). The van der Waals surface area contributed by atoms with Crippen LogP contribution in [0, 0.1) is 23.6 Å². The molecule has 0 aromatic heterocycles. The number of methoxy groups -OCH3 is 1. The van der Waals surface area contributed by atoms with Crippen LogP contribution in [0.2, 0.25) is 0 Å². The standard InChI is InChI=1S/C35H23Cl2F7N2O6/c1-52-25-9-2-15(10-24(25)47)27-21-7-8-22-26(29(49)45(28(22)48)20-12-16(34(39,40)41)11-17(13-20)35(42,43)44)23(21)14-32(36)30(50)46(31(51)33(27,32)37)19-5-3-18(38)4-6-19/h2-7,9-13,22-23,26-27,47H,8,14H2,1H3/t22-,23+,26-,27-,32+,33-/m0/s1. The van der Waals surface area contributed by atoms with Crippen molar-refractivity contribution in [2.45, 2.75) is 40.9 Å². The minimum atomic E-state index is -5.27. The Morgan fingerprint density at radius 1 is 0.788 bits per heavy atom. The van der Waals surface area contributed by atoms with Crippen LogP contribution >= 0.6 is 23.2 Å². The van der Waals surface area contributed by atoms with Gasteiger partial charge in [0.05, 0.1) is 41.4 Å². The highest BCUT2D eigenvalue weighted by molar-refractivity contribution is 6.58. The van der Waals surface area contributed by atoms with E-state index in [9.17, 15) is 55.0 Å². The van der Waals surface area contributed by atoms with Crippen molar-refractivity contribution < 1.29 is 59.8 Å². The van der Waals surface area contributed by atoms with Gasteiger partial charge in [-0.2, -0.15) is 26.3 Å². The van der Waals surface area contributed by atoms with Crippen molar-refractivity contribution in [1.82, 2.24) is 0 Å². The molecule has 6 atom stereocenters. The Morgan fingerprint density at radius 2 is 1.40 bits per heavy atom. The van der Waals surface area contributed by atoms with Gasteiger partial charge in [0.2, 0.25) is 11.8 Å². The molecule has 2 heterocycles. The summed E-state index contributed by atoms with van der Waals surface area (Å²) in [4.78, 5) is 52.9. The molecule has 3 aromatic carbocycles. The van der Waals surface area contributed by atoms with Crippen LogP contribution in [0.15, 0.2) is 72.3 Å². The molecule has 52 heavy (non-hydrogen) atoms. The molecule has 0 unspecified atom stereocenters. The molecule has 0 bridgehead atoms. The second-order valence-electron chi connectivity index (χ2n) is 13.0. The second-order valence-corrected chi connectivity index (χ2v) is 14.2. The van der Waals surface area contributed by atoms with Gasteiger partial charge in [-0.25, -0.2) is 14.2 Å². The Hall–Kier alpha value is -4.63. The number of hydrogen-bond donors (Lipinski definition) is 1. The number of aromatic hydroxyl groups is 1. The van der Waals surface area contributed by atoms with Crippen LogP contribution in [0.3, 0.4) is 0 Å². The highest BCUT2D eigenvalue weighted by atomic mass is 35.5. The molecule has 4 amide bonds. The predicted octanol–water partition coefficient (Wildman–Crippen LogP) is 7.35. The lowest BCUT2D eigenvalue weighted by atomic mass is 9.56. The van der Waals surface area contributed by atoms with Crippen LogP contribution in [0.5, 0.6) is 11.5 Å². The zero-order valence-corrected chi connectivity index (χ0v) is 27.9. The van der Waals surface area contributed by atoms with E-state index >= 15 is 0 Å². The van der Waals surface area contributed by atoms with Crippen LogP contribution in [0.4, 0.5) is 42.1 Å². The fourth-order valence-corrected chi connectivity index (χ4v) is 8.92. The summed E-state index contributed by atoms with van der Waals surface area (Å²) in [7, 11) is 1.28. The average Bonchev–Trinajstić information content (AvgIpc) is 3.41. The minimum Gasteiger partial charge on any atom is -0.504 e. The van der Waals surface area contributed by atoms with Crippen LogP contribution < -0.4 is 14.5 Å². The largest absolute Gasteiger partial charge is 0.504 e. The van der Waals surface area contributed by atoms with E-state index in [2.05, 4.69) is 0 Å². The first-order valence-electron chi connectivity index (χ1n) is 15.5. The van der Waals surface area contributed by atoms with E-state index in [1.807, 2.05) is 0 Å². The number of phenols is 1. The molecule has 8 nitrogen and oxygen atoms in total. The molecule has 2 saturated heterocycles. The van der Waals surface area contributed by atoms with Gasteiger partial charge >= 0.3 is 12.4 Å². The van der Waals surface area contributed by atoms with Crippen molar-refractivity contribution in [3.63, 3.8) is 0 Å². The Morgan fingerprint density at radius 3 is 1.96 bits per heavy atom. The first-order chi connectivity index (χ1) is 24.2. The van der Waals surface area contributed by atoms with Gasteiger partial charge in [-0.1, -0.05) is 17.7 Å². The third kappa shape index (κ3) is 5.02. The van der Waals surface area contributed by atoms with Crippen LogP contribution in [-0.2, 0) is 31.5 Å². The number of carbonyl (C=O) groups excluding carboxylic acids is 4. The Labute approximate surface area is 299 Å². The number of hydrogen-bond acceptors (Lipinski definition) is 6. The molecule has 2 aliphatic carbocycles. The van der Waals surface area contributed by atoms with E-state index in [4.69, 9.17) is 27.9 Å². The minimum absolute atomic E-state index is 0.0165. The Balaban J connectivity index is 1.39. The third-order valence-electron chi connectivity index (χ3n) is 10.3. The van der Waals surface area contributed by atoms with Gasteiger partial charge in [0.15, 0.2) is 21.2 Å². The van der Waals surface area contributed by atoms with E-state index in [1.165, 1.54) is 31.4 Å². The van der Waals surface area contributed by atoms with Gasteiger partial charge in [-0.3, -0.25) is 19.2 Å². The van der Waals surface area contributed by atoms with Crippen LogP contribution in [0.1, 0.15) is 35.4 Å². The van der Waals surface area contributed by atoms with Gasteiger partial charge in [0.1, 0.15) is 5.82 Å². The maximum Gasteiger partial charge on any atom is 0.416 e. The van der Waals surface area contributed by atoms with Gasteiger partial charge in [-0.15, -0.1) is 23.2 Å². The van der Waals surface area contributed by atoms with Crippen molar-refractivity contribution in [2.75, 3.05) is 16.9 Å². The van der Waals surface area contributed by atoms with E-state index in [-0.39, 0.29) is 52.1 Å². The number of ether oxygens (including phenoxy) is 1. The summed E-state index contributed by atoms with van der Waals surface area (Å²) < 4.78 is 102.